The Morgan fingerprint density at radius 1 is 0.385 bits per heavy atom. The van der Waals surface area contributed by atoms with Gasteiger partial charge in [0.15, 0.2) is 0 Å². The summed E-state index contributed by atoms with van der Waals surface area (Å²) < 4.78 is 0. The monoisotopic (exact) mass is 920 g/mol. The summed E-state index contributed by atoms with van der Waals surface area (Å²) >= 11 is 0. The first-order valence-electron chi connectivity index (χ1n) is 30.0. The van der Waals surface area contributed by atoms with Crippen LogP contribution in [0.4, 0.5) is 0 Å². The summed E-state index contributed by atoms with van der Waals surface area (Å²) in [5.41, 5.74) is 14.3. The molecule has 0 saturated carbocycles. The van der Waals surface area contributed by atoms with E-state index in [-0.39, 0.29) is 12.0 Å². The van der Waals surface area contributed by atoms with Gasteiger partial charge in [-0.15, -0.1) is 0 Å². The molecule has 0 aromatic rings. The summed E-state index contributed by atoms with van der Waals surface area (Å²) in [6.07, 6.45) is 53.3. The van der Waals surface area contributed by atoms with E-state index in [0.717, 1.165) is 56.9 Å². The van der Waals surface area contributed by atoms with Crippen LogP contribution in [0, 0.1) is 17.8 Å². The summed E-state index contributed by atoms with van der Waals surface area (Å²) in [5, 5.41) is 14.6. The Labute approximate surface area is 410 Å². The summed E-state index contributed by atoms with van der Waals surface area (Å²) in [4.78, 5) is 0. The van der Waals surface area contributed by atoms with E-state index in [1.54, 1.807) is 0 Å². The van der Waals surface area contributed by atoms with Crippen LogP contribution in [0.5, 0.6) is 0 Å². The van der Waals surface area contributed by atoms with Crippen molar-refractivity contribution in [2.75, 3.05) is 32.7 Å². The molecule has 0 aliphatic heterocycles. The lowest BCUT2D eigenvalue weighted by Crippen LogP contribution is -2.67. The fourth-order valence-corrected chi connectivity index (χ4v) is 9.61. The second-order valence-corrected chi connectivity index (χ2v) is 21.6. The lowest BCUT2D eigenvalue weighted by atomic mass is 9.97. The van der Waals surface area contributed by atoms with Gasteiger partial charge in [-0.05, 0) is 82.2 Å². The van der Waals surface area contributed by atoms with E-state index in [1.165, 1.54) is 250 Å². The van der Waals surface area contributed by atoms with Crippen molar-refractivity contribution < 1.29 is 0 Å². The van der Waals surface area contributed by atoms with E-state index in [9.17, 15) is 0 Å². The van der Waals surface area contributed by atoms with Crippen molar-refractivity contribution in [1.82, 2.24) is 31.9 Å². The average molecular weight is 921 g/mol. The van der Waals surface area contributed by atoms with Gasteiger partial charge in [0.05, 0.1) is 6.17 Å². The normalized spacial score (nSPS) is 14.4. The third-order valence-electron chi connectivity index (χ3n) is 14.5. The first-order valence-corrected chi connectivity index (χ1v) is 30.0. The molecule has 0 amide bonds. The van der Waals surface area contributed by atoms with E-state index in [4.69, 9.17) is 5.73 Å². The van der Waals surface area contributed by atoms with E-state index in [2.05, 4.69) is 87.3 Å². The quantitative estimate of drug-likeness (QED) is 0.0206. The molecule has 0 aromatic carbocycles. The molecule has 4 atom stereocenters. The predicted octanol–water partition coefficient (Wildman–Crippen LogP) is 16.6. The fraction of sp³-hybridized carbons (Fsp3) is 1.00. The van der Waals surface area contributed by atoms with Crippen molar-refractivity contribution >= 4 is 0 Å². The zero-order valence-electron chi connectivity index (χ0n) is 46.2. The van der Waals surface area contributed by atoms with Crippen molar-refractivity contribution in [3.05, 3.63) is 0 Å². The number of nitrogens with one attached hydrogen (secondary N) is 5. The molecule has 392 valence electrons. The third-order valence-corrected chi connectivity index (χ3v) is 14.5. The van der Waals surface area contributed by atoms with Gasteiger partial charge in [-0.3, -0.25) is 16.0 Å². The number of unbranched alkanes of at least 4 members (excludes halogenated alkanes) is 27. The van der Waals surface area contributed by atoms with Crippen LogP contribution in [0.3, 0.4) is 0 Å². The number of hydrogen-bond donors (Lipinski definition) is 6. The predicted molar refractivity (Wildman–Crippen MR) is 293 cm³/mol. The van der Waals surface area contributed by atoms with Gasteiger partial charge in [-0.1, -0.05) is 261 Å². The number of hydrogen-bond acceptors (Lipinski definition) is 7. The zero-order valence-corrected chi connectivity index (χ0v) is 46.2. The largest absolute Gasteiger partial charge is 0.313 e. The smallest absolute Gasteiger partial charge is 0.123 e. The van der Waals surface area contributed by atoms with E-state index < -0.39 is 0 Å². The zero-order chi connectivity index (χ0) is 47.7. The van der Waals surface area contributed by atoms with Crippen molar-refractivity contribution in [2.45, 2.75) is 324 Å². The lowest BCUT2D eigenvalue weighted by molar-refractivity contribution is 0.0513. The van der Waals surface area contributed by atoms with Crippen LogP contribution in [0.2, 0.25) is 0 Å². The van der Waals surface area contributed by atoms with Gasteiger partial charge in [0.1, 0.15) is 5.79 Å². The highest BCUT2D eigenvalue weighted by Crippen LogP contribution is 2.19. The van der Waals surface area contributed by atoms with E-state index >= 15 is 0 Å². The number of hydrazine groups is 2. The van der Waals surface area contributed by atoms with Gasteiger partial charge >= 0.3 is 0 Å². The summed E-state index contributed by atoms with van der Waals surface area (Å²) in [7, 11) is 0. The Kier molecular flexibility index (Phi) is 49.9. The molecule has 0 heterocycles. The molecule has 0 saturated heterocycles. The van der Waals surface area contributed by atoms with Crippen LogP contribution in [-0.4, -0.2) is 49.8 Å². The van der Waals surface area contributed by atoms with Gasteiger partial charge in [0.2, 0.25) is 0 Å². The van der Waals surface area contributed by atoms with Crippen molar-refractivity contribution in [3.8, 4) is 0 Å². The summed E-state index contributed by atoms with van der Waals surface area (Å²) in [6.45, 7) is 24.2. The Morgan fingerprint density at radius 3 is 1.29 bits per heavy atom. The standard InChI is InChI=1S/C58H125N7/c1-9-14-18-21-24-30-35-40-50-61-58(60-49-39-34-23-20-16-11-3,62-53-56(13-5)45-17-12-4)48-38-33-29-27-26-28-32-37-46-57(59)65(63-51-41-36-31-25-22-19-15-10-2)64-52-47-55(8)44-42-43-54(6)7/h54-57,60-64H,9-53,59H2,1-8H3. The minimum Gasteiger partial charge on any atom is -0.313 e. The molecule has 0 fully saturated rings. The van der Waals surface area contributed by atoms with Crippen LogP contribution in [0.15, 0.2) is 0 Å². The summed E-state index contributed by atoms with van der Waals surface area (Å²) in [6, 6.07) is 0. The molecule has 7 N–H and O–H groups in total. The molecular weight excluding hydrogens is 795 g/mol. The maximum Gasteiger partial charge on any atom is 0.123 e. The van der Waals surface area contributed by atoms with Gasteiger partial charge in [-0.25, -0.2) is 10.9 Å². The molecule has 0 spiro atoms. The Morgan fingerprint density at radius 2 is 0.815 bits per heavy atom. The van der Waals surface area contributed by atoms with Gasteiger partial charge in [-0.2, -0.15) is 5.12 Å². The van der Waals surface area contributed by atoms with Crippen molar-refractivity contribution in [3.63, 3.8) is 0 Å². The van der Waals surface area contributed by atoms with Gasteiger partial charge < -0.3 is 5.73 Å². The van der Waals surface area contributed by atoms with Crippen molar-refractivity contribution in [2.24, 2.45) is 23.5 Å². The maximum atomic E-state index is 6.88. The molecule has 0 radical (unpaired) electrons. The van der Waals surface area contributed by atoms with Crippen molar-refractivity contribution in [1.29, 1.82) is 0 Å². The highest BCUT2D eigenvalue weighted by Gasteiger charge is 2.28. The number of rotatable bonds is 55. The molecule has 0 aromatic heterocycles. The minimum atomic E-state index is -0.139. The SMILES string of the molecule is CCCCCCCCCCNN(NCCC(C)CCCC(C)C)C(N)CCCCCCCCCCC(NCCCCCCCC)(NCCCCCCCCCC)NCC(CC)CCCC. The Bertz CT molecular complexity index is 903. The lowest BCUT2D eigenvalue weighted by Gasteiger charge is -2.39. The topological polar surface area (TPSA) is 89.4 Å². The van der Waals surface area contributed by atoms with Gasteiger partial charge in [0.25, 0.3) is 0 Å². The second kappa shape index (κ2) is 50.1. The van der Waals surface area contributed by atoms with E-state index in [0.29, 0.717) is 0 Å². The molecule has 7 nitrogen and oxygen atoms in total. The fourth-order valence-electron chi connectivity index (χ4n) is 9.61. The maximum absolute atomic E-state index is 6.88. The third kappa shape index (κ3) is 43.5. The number of nitrogens with two attached hydrogens (primary N) is 1. The Hall–Kier alpha value is -0.280. The average Bonchev–Trinajstić information content (AvgIpc) is 3.29. The van der Waals surface area contributed by atoms with Gasteiger partial charge in [0, 0.05) is 19.6 Å². The molecule has 4 unspecified atom stereocenters. The highest BCUT2D eigenvalue weighted by molar-refractivity contribution is 4.84. The first-order chi connectivity index (χ1) is 31.8. The van der Waals surface area contributed by atoms with Crippen LogP contribution in [-0.2, 0) is 0 Å². The molecule has 0 bridgehead atoms. The molecule has 7 heteroatoms. The van der Waals surface area contributed by atoms with Crippen LogP contribution in [0.1, 0.15) is 312 Å². The van der Waals surface area contributed by atoms with Crippen LogP contribution < -0.4 is 32.5 Å². The molecule has 0 rings (SSSR count). The van der Waals surface area contributed by atoms with Crippen LogP contribution >= 0.6 is 0 Å². The number of nitrogens with zero attached hydrogens (tertiary/aromatic N) is 1. The molecule has 0 aliphatic rings. The minimum absolute atomic E-state index is 0.0206. The highest BCUT2D eigenvalue weighted by atomic mass is 15.7. The molecular formula is C58H125N7. The summed E-state index contributed by atoms with van der Waals surface area (Å²) in [5.74, 6) is 2.19. The van der Waals surface area contributed by atoms with Crippen LogP contribution in [0.25, 0.3) is 0 Å². The molecule has 0 aliphatic carbocycles. The molecule has 65 heavy (non-hydrogen) atoms. The Balaban J connectivity index is 5.02. The van der Waals surface area contributed by atoms with E-state index in [1.807, 2.05) is 0 Å². The first kappa shape index (κ1) is 64.7. The second-order valence-electron chi connectivity index (χ2n) is 21.6.